The number of aliphatic hydroxyl groups excluding tert-OH is 1. The van der Waals surface area contributed by atoms with Crippen molar-refractivity contribution in [2.45, 2.75) is 70.1 Å². The zero-order valence-electron chi connectivity index (χ0n) is 17.9. The fraction of sp³-hybridized carbons (Fsp3) is 0.737. The summed E-state index contributed by atoms with van der Waals surface area (Å²) in [5.74, 6) is -3.81. The minimum absolute atomic E-state index is 0.168. The second-order valence-corrected chi connectivity index (χ2v) is 8.07. The molecule has 12 heteroatoms. The summed E-state index contributed by atoms with van der Waals surface area (Å²) >= 11 is 0. The number of nitrogens with one attached hydrogen (secondary N) is 2. The summed E-state index contributed by atoms with van der Waals surface area (Å²) in [6.45, 7) is 3.36. The highest BCUT2D eigenvalue weighted by Gasteiger charge is 2.38. The van der Waals surface area contributed by atoms with Gasteiger partial charge in [0.25, 0.3) is 0 Å². The summed E-state index contributed by atoms with van der Waals surface area (Å²) in [5, 5.41) is 22.7. The highest BCUT2D eigenvalue weighted by Crippen LogP contribution is 2.20. The van der Waals surface area contributed by atoms with Crippen LogP contribution in [0.1, 0.15) is 46.0 Å². The second-order valence-electron chi connectivity index (χ2n) is 8.07. The Morgan fingerprint density at radius 1 is 1.13 bits per heavy atom. The Morgan fingerprint density at radius 3 is 2.29 bits per heavy atom. The first-order valence-corrected chi connectivity index (χ1v) is 10.3. The van der Waals surface area contributed by atoms with E-state index in [1.165, 1.54) is 4.90 Å². The summed E-state index contributed by atoms with van der Waals surface area (Å²) < 4.78 is 0. The summed E-state index contributed by atoms with van der Waals surface area (Å²) in [4.78, 5) is 61.6. The molecule has 176 valence electrons. The van der Waals surface area contributed by atoms with Crippen molar-refractivity contribution >= 4 is 29.6 Å². The van der Waals surface area contributed by atoms with Crippen LogP contribution in [0.25, 0.3) is 0 Å². The van der Waals surface area contributed by atoms with E-state index in [0.29, 0.717) is 25.8 Å². The van der Waals surface area contributed by atoms with Crippen LogP contribution in [0.4, 0.5) is 0 Å². The van der Waals surface area contributed by atoms with Gasteiger partial charge in [-0.05, 0) is 31.6 Å². The molecule has 31 heavy (non-hydrogen) atoms. The van der Waals surface area contributed by atoms with Gasteiger partial charge >= 0.3 is 5.97 Å². The molecule has 0 bridgehead atoms. The molecule has 0 aromatic heterocycles. The number of rotatable bonds is 12. The first-order valence-electron chi connectivity index (χ1n) is 10.3. The van der Waals surface area contributed by atoms with Gasteiger partial charge in [-0.1, -0.05) is 13.8 Å². The van der Waals surface area contributed by atoms with E-state index in [-0.39, 0.29) is 24.7 Å². The highest BCUT2D eigenvalue weighted by atomic mass is 16.4. The maximum Gasteiger partial charge on any atom is 0.328 e. The van der Waals surface area contributed by atoms with Gasteiger partial charge in [0.05, 0.1) is 12.6 Å². The normalized spacial score (nSPS) is 18.9. The molecule has 4 atom stereocenters. The number of nitrogens with zero attached hydrogens (tertiary/aromatic N) is 1. The van der Waals surface area contributed by atoms with E-state index in [1.807, 2.05) is 13.8 Å². The monoisotopic (exact) mass is 443 g/mol. The van der Waals surface area contributed by atoms with E-state index in [2.05, 4.69) is 10.6 Å². The topological polar surface area (TPSA) is 205 Å². The molecule has 1 aliphatic heterocycles. The van der Waals surface area contributed by atoms with E-state index in [9.17, 15) is 24.0 Å². The lowest BCUT2D eigenvalue weighted by Crippen LogP contribution is -2.57. The van der Waals surface area contributed by atoms with Crippen LogP contribution >= 0.6 is 0 Å². The molecule has 0 spiro atoms. The Morgan fingerprint density at radius 2 is 1.77 bits per heavy atom. The maximum absolute atomic E-state index is 12.8. The average molecular weight is 444 g/mol. The van der Waals surface area contributed by atoms with E-state index >= 15 is 0 Å². The number of hydrogen-bond donors (Lipinski definition) is 6. The molecule has 8 N–H and O–H groups in total. The van der Waals surface area contributed by atoms with E-state index < -0.39 is 54.5 Å². The van der Waals surface area contributed by atoms with Gasteiger partial charge in [-0.25, -0.2) is 4.79 Å². The van der Waals surface area contributed by atoms with Crippen molar-refractivity contribution in [1.82, 2.24) is 15.5 Å². The lowest BCUT2D eigenvalue weighted by atomic mass is 10.0. The van der Waals surface area contributed by atoms with Crippen molar-refractivity contribution in [3.63, 3.8) is 0 Å². The zero-order chi connectivity index (χ0) is 23.7. The number of primary amides is 1. The first kappa shape index (κ1) is 26.3. The van der Waals surface area contributed by atoms with Gasteiger partial charge in [0.1, 0.15) is 18.1 Å². The fourth-order valence-corrected chi connectivity index (χ4v) is 3.41. The molecule has 1 heterocycles. The molecule has 4 unspecified atom stereocenters. The maximum atomic E-state index is 12.8. The molecule has 4 amide bonds. The summed E-state index contributed by atoms with van der Waals surface area (Å²) in [6.07, 6.45) is 1.03. The Labute approximate surface area is 180 Å². The third-order valence-electron chi connectivity index (χ3n) is 4.99. The summed E-state index contributed by atoms with van der Waals surface area (Å²) in [6, 6.07) is -4.42. The fourth-order valence-electron chi connectivity index (χ4n) is 3.41. The van der Waals surface area contributed by atoms with Gasteiger partial charge in [-0.15, -0.1) is 0 Å². The lowest BCUT2D eigenvalue weighted by molar-refractivity contribution is -0.144. The molecule has 0 aliphatic carbocycles. The van der Waals surface area contributed by atoms with Crippen LogP contribution in [0.5, 0.6) is 0 Å². The number of hydrogen-bond acceptors (Lipinski definition) is 7. The number of amides is 4. The minimum atomic E-state index is -1.57. The van der Waals surface area contributed by atoms with Crippen LogP contribution in [-0.2, 0) is 24.0 Å². The van der Waals surface area contributed by atoms with Crippen molar-refractivity contribution in [3.8, 4) is 0 Å². The van der Waals surface area contributed by atoms with Gasteiger partial charge in [-0.2, -0.15) is 0 Å². The number of carboxylic acid groups (broad SMARTS) is 1. The molecule has 1 saturated heterocycles. The largest absolute Gasteiger partial charge is 0.480 e. The molecule has 0 aromatic rings. The smallest absolute Gasteiger partial charge is 0.328 e. The third-order valence-corrected chi connectivity index (χ3v) is 4.99. The average Bonchev–Trinajstić information content (AvgIpc) is 3.17. The number of carboxylic acids is 1. The molecule has 1 fully saturated rings. The number of carbonyl (C=O) groups is 5. The van der Waals surface area contributed by atoms with Crippen LogP contribution in [0.15, 0.2) is 0 Å². The first-order chi connectivity index (χ1) is 14.5. The molecule has 0 saturated carbocycles. The number of aliphatic hydroxyl groups is 1. The second kappa shape index (κ2) is 12.2. The van der Waals surface area contributed by atoms with Crippen molar-refractivity contribution in [1.29, 1.82) is 0 Å². The summed E-state index contributed by atoms with van der Waals surface area (Å²) in [7, 11) is 0. The number of likely N-dealkylation sites (tertiary alicyclic amines) is 1. The molecule has 0 radical (unpaired) electrons. The zero-order valence-corrected chi connectivity index (χ0v) is 17.9. The van der Waals surface area contributed by atoms with Crippen LogP contribution in [0.3, 0.4) is 0 Å². The van der Waals surface area contributed by atoms with Gasteiger partial charge in [-0.3, -0.25) is 19.2 Å². The third kappa shape index (κ3) is 8.13. The van der Waals surface area contributed by atoms with E-state index in [4.69, 9.17) is 21.7 Å². The van der Waals surface area contributed by atoms with Crippen LogP contribution < -0.4 is 22.1 Å². The standard InChI is InChI=1S/C19H33N5O7/c1-10(2)8-11(20)18(29)24-7-3-4-14(24)17(28)22-12(5-6-15(21)26)16(27)23-13(9-25)19(30)31/h10-14,25H,3-9,20H2,1-2H3,(H2,21,26)(H,22,28)(H,23,27)(H,30,31). The number of carbonyl (C=O) groups excluding carboxylic acids is 4. The van der Waals surface area contributed by atoms with Gasteiger partial charge in [0.2, 0.25) is 23.6 Å². The molecule has 0 aromatic carbocycles. The van der Waals surface area contributed by atoms with Crippen LogP contribution in [0.2, 0.25) is 0 Å². The molecule has 1 rings (SSSR count). The van der Waals surface area contributed by atoms with Gasteiger partial charge in [0, 0.05) is 13.0 Å². The predicted molar refractivity (Wildman–Crippen MR) is 109 cm³/mol. The van der Waals surface area contributed by atoms with Crippen molar-refractivity contribution in [3.05, 3.63) is 0 Å². The van der Waals surface area contributed by atoms with Gasteiger partial charge < -0.3 is 37.2 Å². The van der Waals surface area contributed by atoms with Crippen molar-refractivity contribution in [2.75, 3.05) is 13.2 Å². The Hall–Kier alpha value is -2.73. The van der Waals surface area contributed by atoms with Gasteiger partial charge in [0.15, 0.2) is 0 Å². The summed E-state index contributed by atoms with van der Waals surface area (Å²) in [5.41, 5.74) is 11.1. The Bertz CT molecular complexity index is 685. The molecule has 1 aliphatic rings. The Balaban J connectivity index is 2.90. The quantitative estimate of drug-likeness (QED) is 0.192. The SMILES string of the molecule is CC(C)CC(N)C(=O)N1CCCC1C(=O)NC(CCC(N)=O)C(=O)NC(CO)C(=O)O. The lowest BCUT2D eigenvalue weighted by Gasteiger charge is -2.29. The Kier molecular flexibility index (Phi) is 10.4. The van der Waals surface area contributed by atoms with Crippen LogP contribution in [-0.4, -0.2) is 82.0 Å². The number of nitrogens with two attached hydrogens (primary N) is 2. The van der Waals surface area contributed by atoms with Crippen LogP contribution in [0, 0.1) is 5.92 Å². The predicted octanol–water partition coefficient (Wildman–Crippen LogP) is -2.34. The molecular formula is C19H33N5O7. The van der Waals surface area contributed by atoms with Crippen molar-refractivity contribution in [2.24, 2.45) is 17.4 Å². The van der Waals surface area contributed by atoms with Crippen molar-refractivity contribution < 1.29 is 34.2 Å². The van der Waals surface area contributed by atoms with E-state index in [1.54, 1.807) is 0 Å². The highest BCUT2D eigenvalue weighted by molar-refractivity contribution is 5.94. The number of aliphatic carboxylic acids is 1. The molecule has 12 nitrogen and oxygen atoms in total. The minimum Gasteiger partial charge on any atom is -0.480 e. The molecular weight excluding hydrogens is 410 g/mol. The van der Waals surface area contributed by atoms with E-state index in [0.717, 1.165) is 0 Å².